The maximum atomic E-state index is 11.8. The van der Waals surface area contributed by atoms with E-state index in [4.69, 9.17) is 9.84 Å². The number of anilines is 1. The number of carboxylic acid groups (broad SMARTS) is 1. The van der Waals surface area contributed by atoms with E-state index in [0.717, 1.165) is 5.69 Å². The SMILES string of the molecule is CC(C)C(CNC(=O)OC(C)(C)C)CNc1ccc(C(=O)O)cc1. The lowest BCUT2D eigenvalue weighted by molar-refractivity contribution is 0.0515. The topological polar surface area (TPSA) is 87.7 Å². The van der Waals surface area contributed by atoms with Crippen molar-refractivity contribution in [3.05, 3.63) is 29.8 Å². The van der Waals surface area contributed by atoms with Gasteiger partial charge in [-0.1, -0.05) is 13.8 Å². The molecule has 0 aliphatic rings. The Kier molecular flexibility index (Phi) is 7.07. The molecule has 0 heterocycles. The number of carboxylic acids is 1. The molecule has 1 unspecified atom stereocenters. The molecule has 0 aromatic heterocycles. The third-order valence-electron chi connectivity index (χ3n) is 3.55. The molecule has 1 aromatic carbocycles. The van der Waals surface area contributed by atoms with Gasteiger partial charge in [0.2, 0.25) is 0 Å². The average molecular weight is 336 g/mol. The quantitative estimate of drug-likeness (QED) is 0.708. The van der Waals surface area contributed by atoms with Crippen LogP contribution in [-0.2, 0) is 4.74 Å². The van der Waals surface area contributed by atoms with Gasteiger partial charge in [-0.2, -0.15) is 0 Å². The second kappa shape index (κ2) is 8.57. The number of aromatic carboxylic acids is 1. The van der Waals surface area contributed by atoms with Crippen molar-refractivity contribution in [2.24, 2.45) is 11.8 Å². The molecule has 6 heteroatoms. The van der Waals surface area contributed by atoms with E-state index in [9.17, 15) is 9.59 Å². The monoisotopic (exact) mass is 336 g/mol. The first-order chi connectivity index (χ1) is 11.1. The van der Waals surface area contributed by atoms with Crippen LogP contribution in [0, 0.1) is 11.8 Å². The first-order valence-electron chi connectivity index (χ1n) is 8.12. The number of rotatable bonds is 7. The first kappa shape index (κ1) is 19.8. The number of benzene rings is 1. The van der Waals surface area contributed by atoms with Crippen molar-refractivity contribution in [2.75, 3.05) is 18.4 Å². The minimum Gasteiger partial charge on any atom is -0.478 e. The average Bonchev–Trinajstić information content (AvgIpc) is 2.45. The highest BCUT2D eigenvalue weighted by atomic mass is 16.6. The van der Waals surface area contributed by atoms with Gasteiger partial charge in [0.05, 0.1) is 5.56 Å². The number of alkyl carbamates (subject to hydrolysis) is 1. The highest BCUT2D eigenvalue weighted by Crippen LogP contribution is 2.14. The predicted octanol–water partition coefficient (Wildman–Crippen LogP) is 3.59. The maximum absolute atomic E-state index is 11.8. The van der Waals surface area contributed by atoms with Crippen LogP contribution in [0.1, 0.15) is 45.0 Å². The molecule has 24 heavy (non-hydrogen) atoms. The van der Waals surface area contributed by atoms with Gasteiger partial charge >= 0.3 is 12.1 Å². The number of ether oxygens (including phenoxy) is 1. The molecule has 1 rings (SSSR count). The van der Waals surface area contributed by atoms with E-state index in [1.807, 2.05) is 20.8 Å². The molecule has 0 radical (unpaired) electrons. The Bertz CT molecular complexity index is 547. The second-order valence-corrected chi connectivity index (χ2v) is 7.15. The summed E-state index contributed by atoms with van der Waals surface area (Å²) in [6.45, 7) is 10.8. The van der Waals surface area contributed by atoms with Crippen LogP contribution in [0.2, 0.25) is 0 Å². The van der Waals surface area contributed by atoms with E-state index in [1.54, 1.807) is 24.3 Å². The Labute approximate surface area is 143 Å². The van der Waals surface area contributed by atoms with Crippen molar-refractivity contribution in [1.82, 2.24) is 5.32 Å². The molecule has 6 nitrogen and oxygen atoms in total. The number of hydrogen-bond acceptors (Lipinski definition) is 4. The molecule has 1 aromatic rings. The normalized spacial score (nSPS) is 12.6. The lowest BCUT2D eigenvalue weighted by Gasteiger charge is -2.24. The van der Waals surface area contributed by atoms with Crippen LogP contribution in [-0.4, -0.2) is 35.9 Å². The van der Waals surface area contributed by atoms with Gasteiger partial charge in [-0.05, 0) is 56.9 Å². The van der Waals surface area contributed by atoms with E-state index in [0.29, 0.717) is 19.0 Å². The molecule has 0 spiro atoms. The Hall–Kier alpha value is -2.24. The minimum absolute atomic E-state index is 0.219. The van der Waals surface area contributed by atoms with E-state index in [1.165, 1.54) is 0 Å². The summed E-state index contributed by atoms with van der Waals surface area (Å²) in [6, 6.07) is 6.60. The van der Waals surface area contributed by atoms with Crippen LogP contribution in [0.3, 0.4) is 0 Å². The highest BCUT2D eigenvalue weighted by Gasteiger charge is 2.19. The molecule has 3 N–H and O–H groups in total. The fourth-order valence-electron chi connectivity index (χ4n) is 2.05. The fourth-order valence-corrected chi connectivity index (χ4v) is 2.05. The van der Waals surface area contributed by atoms with Gasteiger partial charge in [0, 0.05) is 18.8 Å². The van der Waals surface area contributed by atoms with Crippen LogP contribution >= 0.6 is 0 Å². The summed E-state index contributed by atoms with van der Waals surface area (Å²) in [4.78, 5) is 22.6. The van der Waals surface area contributed by atoms with E-state index in [-0.39, 0.29) is 11.5 Å². The number of carbonyl (C=O) groups is 2. The Morgan fingerprint density at radius 1 is 1.12 bits per heavy atom. The highest BCUT2D eigenvalue weighted by molar-refractivity contribution is 5.87. The van der Waals surface area contributed by atoms with Crippen molar-refractivity contribution >= 4 is 17.7 Å². The Morgan fingerprint density at radius 3 is 2.17 bits per heavy atom. The zero-order chi connectivity index (χ0) is 18.3. The molecule has 0 saturated carbocycles. The molecule has 0 fully saturated rings. The number of amides is 1. The lowest BCUT2D eigenvalue weighted by atomic mass is 9.95. The fraction of sp³-hybridized carbons (Fsp3) is 0.556. The van der Waals surface area contributed by atoms with E-state index >= 15 is 0 Å². The lowest BCUT2D eigenvalue weighted by Crippen LogP contribution is -2.38. The van der Waals surface area contributed by atoms with Crippen LogP contribution in [0.25, 0.3) is 0 Å². The smallest absolute Gasteiger partial charge is 0.407 e. The van der Waals surface area contributed by atoms with Crippen LogP contribution in [0.4, 0.5) is 10.5 Å². The predicted molar refractivity (Wildman–Crippen MR) is 94.5 cm³/mol. The zero-order valence-electron chi connectivity index (χ0n) is 15.1. The Balaban J connectivity index is 2.51. The summed E-state index contributed by atoms with van der Waals surface area (Å²) in [7, 11) is 0. The zero-order valence-corrected chi connectivity index (χ0v) is 15.1. The van der Waals surface area contributed by atoms with Crippen LogP contribution in [0.5, 0.6) is 0 Å². The molecule has 0 aliphatic carbocycles. The van der Waals surface area contributed by atoms with Gasteiger partial charge in [-0.25, -0.2) is 9.59 Å². The van der Waals surface area contributed by atoms with Gasteiger partial charge < -0.3 is 20.5 Å². The summed E-state index contributed by atoms with van der Waals surface area (Å²) in [5.74, 6) is -0.356. The van der Waals surface area contributed by atoms with Gasteiger partial charge in [0.15, 0.2) is 0 Å². The molecule has 1 atom stereocenters. The summed E-state index contributed by atoms with van der Waals surface area (Å²) in [5, 5.41) is 15.0. The third kappa shape index (κ3) is 7.35. The summed E-state index contributed by atoms with van der Waals surface area (Å²) >= 11 is 0. The Morgan fingerprint density at radius 2 is 1.71 bits per heavy atom. The van der Waals surface area contributed by atoms with Gasteiger partial charge in [-0.15, -0.1) is 0 Å². The van der Waals surface area contributed by atoms with Gasteiger partial charge in [-0.3, -0.25) is 0 Å². The summed E-state index contributed by atoms with van der Waals surface area (Å²) < 4.78 is 5.24. The molecular formula is C18H28N2O4. The largest absolute Gasteiger partial charge is 0.478 e. The van der Waals surface area contributed by atoms with Crippen molar-refractivity contribution in [3.63, 3.8) is 0 Å². The molecule has 1 amide bonds. The van der Waals surface area contributed by atoms with E-state index < -0.39 is 17.7 Å². The second-order valence-electron chi connectivity index (χ2n) is 7.15. The third-order valence-corrected chi connectivity index (χ3v) is 3.55. The first-order valence-corrected chi connectivity index (χ1v) is 8.12. The van der Waals surface area contributed by atoms with Crippen molar-refractivity contribution in [2.45, 2.75) is 40.2 Å². The number of nitrogens with one attached hydrogen (secondary N) is 2. The van der Waals surface area contributed by atoms with Gasteiger partial charge in [0.25, 0.3) is 0 Å². The minimum atomic E-state index is -0.942. The van der Waals surface area contributed by atoms with Crippen molar-refractivity contribution in [1.29, 1.82) is 0 Å². The van der Waals surface area contributed by atoms with Gasteiger partial charge in [0.1, 0.15) is 5.60 Å². The van der Waals surface area contributed by atoms with Crippen molar-refractivity contribution < 1.29 is 19.4 Å². The number of carbonyl (C=O) groups excluding carboxylic acids is 1. The molecule has 0 bridgehead atoms. The molecule has 0 saturated heterocycles. The van der Waals surface area contributed by atoms with Crippen LogP contribution in [0.15, 0.2) is 24.3 Å². The standard InChI is InChI=1S/C18H28N2O4/c1-12(2)14(11-20-17(23)24-18(3,4)5)10-19-15-8-6-13(7-9-15)16(21)22/h6-9,12,14,19H,10-11H2,1-5H3,(H,20,23)(H,21,22). The maximum Gasteiger partial charge on any atom is 0.407 e. The summed E-state index contributed by atoms with van der Waals surface area (Å²) in [5.41, 5.74) is 0.595. The summed E-state index contributed by atoms with van der Waals surface area (Å²) in [6.07, 6.45) is -0.418. The molecule has 0 aliphatic heterocycles. The molecule has 134 valence electrons. The molecular weight excluding hydrogens is 308 g/mol. The van der Waals surface area contributed by atoms with E-state index in [2.05, 4.69) is 24.5 Å². The van der Waals surface area contributed by atoms with Crippen molar-refractivity contribution in [3.8, 4) is 0 Å². The van der Waals surface area contributed by atoms with Crippen LogP contribution < -0.4 is 10.6 Å². The number of hydrogen-bond donors (Lipinski definition) is 3.